The zero-order chi connectivity index (χ0) is 27.8. The fourth-order valence-electron chi connectivity index (χ4n) is 3.92. The molecule has 0 saturated carbocycles. The molecule has 1 N–H and O–H groups in total. The van der Waals surface area contributed by atoms with E-state index in [1.54, 1.807) is 13.0 Å². The van der Waals surface area contributed by atoms with E-state index in [2.05, 4.69) is 9.88 Å². The van der Waals surface area contributed by atoms with Crippen molar-refractivity contribution in [3.05, 3.63) is 104 Å². The van der Waals surface area contributed by atoms with Gasteiger partial charge in [-0.15, -0.1) is 0 Å². The summed E-state index contributed by atoms with van der Waals surface area (Å²) in [7, 11) is -1.86. The minimum Gasteiger partial charge on any atom is -0.374 e. The van der Waals surface area contributed by atoms with Crippen LogP contribution in [-0.2, 0) is 27.2 Å². The largest absolute Gasteiger partial charge is 0.435 e. The number of benzene rings is 3. The molecule has 2 atom stereocenters. The molecule has 4 rings (SSSR count). The Bertz CT molecular complexity index is 1460. The third kappa shape index (κ3) is 5.55. The Kier molecular flexibility index (Phi) is 7.83. The maximum Gasteiger partial charge on any atom is 0.435 e. The van der Waals surface area contributed by atoms with Crippen molar-refractivity contribution >= 4 is 45.8 Å². The molecule has 0 saturated heterocycles. The number of nitrogens with one attached hydrogen (secondary N) is 1. The van der Waals surface area contributed by atoms with E-state index in [9.17, 15) is 31.0 Å². The van der Waals surface area contributed by atoms with Crippen LogP contribution in [0.4, 0.5) is 22.0 Å². The van der Waals surface area contributed by atoms with Crippen LogP contribution in [0.2, 0.25) is 10.0 Å². The summed E-state index contributed by atoms with van der Waals surface area (Å²) in [6.07, 6.45) is -5.74. The van der Waals surface area contributed by atoms with Crippen molar-refractivity contribution in [2.75, 3.05) is 0 Å². The third-order valence-electron chi connectivity index (χ3n) is 5.83. The fraction of sp³-hybridized carbons (Fsp3) is 0.200. The van der Waals surface area contributed by atoms with Gasteiger partial charge in [0.1, 0.15) is 16.8 Å². The average molecular weight is 591 g/mol. The summed E-state index contributed by atoms with van der Waals surface area (Å²) in [6, 6.07) is 11.2. The van der Waals surface area contributed by atoms with Crippen molar-refractivity contribution < 1.29 is 35.8 Å². The summed E-state index contributed by atoms with van der Waals surface area (Å²) in [6.45, 7) is 1.54. The number of oxime groups is 1. The first-order valence-corrected chi connectivity index (χ1v) is 12.9. The molecule has 1 heterocycles. The van der Waals surface area contributed by atoms with Crippen LogP contribution in [-0.4, -0.2) is 22.0 Å². The second-order valence-electron chi connectivity index (χ2n) is 8.47. The second-order valence-corrected chi connectivity index (χ2v) is 10.5. The number of halogens is 7. The van der Waals surface area contributed by atoms with Gasteiger partial charge in [0, 0.05) is 17.5 Å². The van der Waals surface area contributed by atoms with Gasteiger partial charge in [0.25, 0.3) is 11.5 Å². The van der Waals surface area contributed by atoms with E-state index in [1.165, 1.54) is 36.4 Å². The molecule has 3 aromatic carbocycles. The summed E-state index contributed by atoms with van der Waals surface area (Å²) >= 11 is 11.4. The van der Waals surface area contributed by atoms with Crippen LogP contribution < -0.4 is 4.72 Å². The summed E-state index contributed by atoms with van der Waals surface area (Å²) < 4.78 is 84.5. The Morgan fingerprint density at radius 2 is 1.79 bits per heavy atom. The minimum absolute atomic E-state index is 0.0800. The molecular weight excluding hydrogens is 574 g/mol. The number of hydrogen-bond acceptors (Lipinski definition) is 4. The Morgan fingerprint density at radius 3 is 2.39 bits per heavy atom. The first kappa shape index (κ1) is 28.0. The van der Waals surface area contributed by atoms with Crippen LogP contribution in [0.1, 0.15) is 39.0 Å². The lowest BCUT2D eigenvalue weighted by Crippen LogP contribution is -2.42. The molecule has 200 valence electrons. The molecule has 13 heteroatoms. The normalized spacial score (nSPS) is 18.1. The number of carbonyl (C=O) groups excluding carboxylic acids is 1. The number of hydrogen-bond donors (Lipinski definition) is 1. The van der Waals surface area contributed by atoms with E-state index in [0.717, 1.165) is 12.1 Å². The zero-order valence-corrected chi connectivity index (χ0v) is 21.7. The van der Waals surface area contributed by atoms with Crippen LogP contribution in [0.15, 0.2) is 59.8 Å². The van der Waals surface area contributed by atoms with Crippen LogP contribution in [0.25, 0.3) is 0 Å². The van der Waals surface area contributed by atoms with Crippen molar-refractivity contribution in [3.8, 4) is 0 Å². The molecular formula is C25H17Cl2F5N2O3S. The lowest BCUT2D eigenvalue weighted by molar-refractivity contribution is -0.275. The zero-order valence-electron chi connectivity index (χ0n) is 19.3. The molecule has 5 nitrogen and oxygen atoms in total. The average Bonchev–Trinajstić information content (AvgIpc) is 3.29. The minimum atomic E-state index is -4.97. The van der Waals surface area contributed by atoms with E-state index >= 15 is 0 Å². The highest BCUT2D eigenvalue weighted by atomic mass is 35.5. The molecule has 0 fully saturated rings. The quantitative estimate of drug-likeness (QED) is 0.255. The van der Waals surface area contributed by atoms with Gasteiger partial charge >= 0.3 is 6.18 Å². The van der Waals surface area contributed by atoms with Crippen molar-refractivity contribution in [1.29, 1.82) is 0 Å². The Hall–Kier alpha value is -3.02. The van der Waals surface area contributed by atoms with Crippen LogP contribution in [0.5, 0.6) is 0 Å². The van der Waals surface area contributed by atoms with Gasteiger partial charge in [0.15, 0.2) is 5.82 Å². The van der Waals surface area contributed by atoms with Gasteiger partial charge in [-0.2, -0.15) is 13.2 Å². The van der Waals surface area contributed by atoms with Crippen molar-refractivity contribution in [2.24, 2.45) is 5.16 Å². The van der Waals surface area contributed by atoms with E-state index in [-0.39, 0.29) is 22.6 Å². The van der Waals surface area contributed by atoms with Crippen LogP contribution in [0.3, 0.4) is 0 Å². The smallest absolute Gasteiger partial charge is 0.374 e. The highest BCUT2D eigenvalue weighted by Crippen LogP contribution is 2.50. The van der Waals surface area contributed by atoms with Gasteiger partial charge in [0.2, 0.25) is 0 Å². The molecule has 0 radical (unpaired) electrons. The number of aryl methyl sites for hydroxylation is 1. The van der Waals surface area contributed by atoms with Crippen molar-refractivity contribution in [1.82, 2.24) is 4.72 Å². The van der Waals surface area contributed by atoms with E-state index in [4.69, 9.17) is 28.0 Å². The van der Waals surface area contributed by atoms with Crippen LogP contribution >= 0.6 is 23.2 Å². The van der Waals surface area contributed by atoms with Crippen LogP contribution in [0, 0.1) is 18.6 Å². The topological polar surface area (TPSA) is 67.8 Å². The van der Waals surface area contributed by atoms with E-state index in [1.807, 2.05) is 0 Å². The maximum absolute atomic E-state index is 14.2. The second kappa shape index (κ2) is 10.6. The molecule has 1 aliphatic heterocycles. The first-order chi connectivity index (χ1) is 17.8. The van der Waals surface area contributed by atoms with Gasteiger partial charge in [-0.1, -0.05) is 46.6 Å². The summed E-state index contributed by atoms with van der Waals surface area (Å²) in [4.78, 5) is 17.6. The van der Waals surface area contributed by atoms with Gasteiger partial charge in [-0.25, -0.2) is 13.0 Å². The number of amides is 1. The molecule has 2 unspecified atom stereocenters. The van der Waals surface area contributed by atoms with Crippen molar-refractivity contribution in [2.45, 2.75) is 30.9 Å². The molecule has 1 amide bonds. The Labute approximate surface area is 226 Å². The number of rotatable bonds is 6. The highest BCUT2D eigenvalue weighted by Gasteiger charge is 2.62. The van der Waals surface area contributed by atoms with Gasteiger partial charge < -0.3 is 4.84 Å². The summed E-state index contributed by atoms with van der Waals surface area (Å²) in [5.41, 5.74) is -2.40. The summed E-state index contributed by atoms with van der Waals surface area (Å²) in [5.74, 6) is -2.37. The van der Waals surface area contributed by atoms with Gasteiger partial charge in [-0.05, 0) is 60.0 Å². The standard InChI is InChI=1S/C25H17Cl2F5N2O3S/c1-13-7-15(5-6-18(13)23(35)34-38(36)12-14-3-2-4-17(28)8-14)21-11-24(37-33-21,25(30,31)32)16-9-19(26)22(29)20(27)10-16/h2-10H,11-12H2,1H3,(H,34,35). The molecule has 0 aromatic heterocycles. The van der Waals surface area contributed by atoms with E-state index in [0.29, 0.717) is 11.1 Å². The first-order valence-electron chi connectivity index (χ1n) is 10.8. The molecule has 0 bridgehead atoms. The molecule has 38 heavy (non-hydrogen) atoms. The number of nitrogens with zero attached hydrogens (tertiary/aromatic N) is 1. The van der Waals surface area contributed by atoms with Gasteiger partial charge in [0.05, 0.1) is 21.5 Å². The predicted molar refractivity (Wildman–Crippen MR) is 133 cm³/mol. The number of alkyl halides is 3. The number of carbonyl (C=O) groups is 1. The summed E-state index contributed by atoms with van der Waals surface area (Å²) in [5, 5.41) is 2.43. The van der Waals surface area contributed by atoms with Crippen molar-refractivity contribution in [3.63, 3.8) is 0 Å². The lowest BCUT2D eigenvalue weighted by atomic mass is 9.86. The monoisotopic (exact) mass is 590 g/mol. The van der Waals surface area contributed by atoms with E-state index < -0.39 is 62.3 Å². The highest BCUT2D eigenvalue weighted by molar-refractivity contribution is 7.82. The lowest BCUT2D eigenvalue weighted by Gasteiger charge is -2.29. The molecule has 0 spiro atoms. The third-order valence-corrected chi connectivity index (χ3v) is 7.39. The Morgan fingerprint density at radius 1 is 1.11 bits per heavy atom. The fourth-order valence-corrected chi connectivity index (χ4v) is 5.28. The molecule has 1 aliphatic rings. The van der Waals surface area contributed by atoms with Gasteiger partial charge in [-0.3, -0.25) is 9.52 Å². The predicted octanol–water partition coefficient (Wildman–Crippen LogP) is 6.76. The Balaban J connectivity index is 1.53. The molecule has 3 aromatic rings. The maximum atomic E-state index is 14.2. The molecule has 0 aliphatic carbocycles. The SMILES string of the molecule is Cc1cc(C2=NOC(c3cc(Cl)c(F)c(Cl)c3)(C(F)(F)F)C2)ccc1C(=O)NS(=O)Cc1cccc(F)c1.